The molecule has 1 N–H and O–H groups in total. The van der Waals surface area contributed by atoms with Crippen LogP contribution in [-0.2, 0) is 20.0 Å². The molecule has 4 rings (SSSR count). The number of anilines is 1. The Labute approximate surface area is 203 Å². The molecule has 0 fully saturated rings. The summed E-state index contributed by atoms with van der Waals surface area (Å²) < 4.78 is 68.6. The first-order valence-electron chi connectivity index (χ1n) is 10.3. The van der Waals surface area contributed by atoms with E-state index in [-0.39, 0.29) is 27.7 Å². The molecule has 0 aliphatic carbocycles. The van der Waals surface area contributed by atoms with E-state index < -0.39 is 31.9 Å². The maximum Gasteiger partial charge on any atom is 0.279 e. The molecule has 0 saturated heterocycles. The van der Waals surface area contributed by atoms with Gasteiger partial charge in [-0.2, -0.15) is 17.9 Å². The number of benzene rings is 3. The number of nitrogens with one attached hydrogen (secondary N) is 1. The molecule has 1 aliphatic rings. The maximum atomic E-state index is 14.7. The molecule has 7 nitrogen and oxygen atoms in total. The van der Waals surface area contributed by atoms with Crippen molar-refractivity contribution in [1.82, 2.24) is 4.41 Å². The highest BCUT2D eigenvalue weighted by atomic mass is 35.5. The van der Waals surface area contributed by atoms with E-state index in [9.17, 15) is 21.2 Å². The van der Waals surface area contributed by atoms with Crippen molar-refractivity contribution in [2.45, 2.75) is 24.3 Å². The summed E-state index contributed by atoms with van der Waals surface area (Å²) in [4.78, 5) is -0.0596. The standard InChI is InChI=1S/C23H21ClFN3O4S2/c1-2-33(29,30)27-18-12-10-16(11-13-18)22-15-23(20-8-3-4-9-21(20)25)28(26-22)34(31,32)19-7-5-6-17(24)14-19/h3-14,23,27H,2,15H2,1H3/t23-/m0/s1. The topological polar surface area (TPSA) is 95.9 Å². The normalized spacial score (nSPS) is 16.4. The first kappa shape index (κ1) is 24.2. The predicted octanol–water partition coefficient (Wildman–Crippen LogP) is 4.78. The van der Waals surface area contributed by atoms with Gasteiger partial charge < -0.3 is 0 Å². The van der Waals surface area contributed by atoms with Gasteiger partial charge in [-0.05, 0) is 48.9 Å². The summed E-state index contributed by atoms with van der Waals surface area (Å²) in [5, 5.41) is 4.62. The molecular weight excluding hydrogens is 501 g/mol. The van der Waals surface area contributed by atoms with Crippen molar-refractivity contribution in [3.05, 3.63) is 94.8 Å². The number of halogens is 2. The molecule has 178 valence electrons. The minimum Gasteiger partial charge on any atom is -0.284 e. The van der Waals surface area contributed by atoms with E-state index in [1.165, 1.54) is 43.3 Å². The van der Waals surface area contributed by atoms with E-state index in [0.717, 1.165) is 4.41 Å². The number of hydrogen-bond acceptors (Lipinski definition) is 5. The molecule has 0 bridgehead atoms. The van der Waals surface area contributed by atoms with Gasteiger partial charge in [0.25, 0.3) is 10.0 Å². The molecule has 1 aliphatic heterocycles. The molecule has 0 aromatic heterocycles. The van der Waals surface area contributed by atoms with Gasteiger partial charge in [-0.25, -0.2) is 12.8 Å². The number of sulfonamides is 2. The molecule has 0 saturated carbocycles. The third-order valence-corrected chi connectivity index (χ3v) is 8.57. The first-order valence-corrected chi connectivity index (χ1v) is 13.8. The second kappa shape index (κ2) is 9.36. The second-order valence-electron chi connectivity index (χ2n) is 7.61. The summed E-state index contributed by atoms with van der Waals surface area (Å²) >= 11 is 6.00. The summed E-state index contributed by atoms with van der Waals surface area (Å²) in [6.07, 6.45) is 0.126. The molecule has 11 heteroatoms. The molecular formula is C23H21ClFN3O4S2. The zero-order chi connectivity index (χ0) is 24.5. The van der Waals surface area contributed by atoms with Gasteiger partial charge in [-0.1, -0.05) is 48.0 Å². The van der Waals surface area contributed by atoms with Gasteiger partial charge in [-0.15, -0.1) is 0 Å². The lowest BCUT2D eigenvalue weighted by Gasteiger charge is -2.23. The number of hydrogen-bond donors (Lipinski definition) is 1. The van der Waals surface area contributed by atoms with Crippen molar-refractivity contribution < 1.29 is 21.2 Å². The van der Waals surface area contributed by atoms with Crippen molar-refractivity contribution >= 4 is 43.0 Å². The SMILES string of the molecule is CCS(=O)(=O)Nc1ccc(C2=NN(S(=O)(=O)c3cccc(Cl)c3)[C@H](c3ccccc3F)C2)cc1. The lowest BCUT2D eigenvalue weighted by atomic mass is 9.99. The van der Waals surface area contributed by atoms with Gasteiger partial charge in [-0.3, -0.25) is 4.72 Å². The minimum atomic E-state index is -4.15. The summed E-state index contributed by atoms with van der Waals surface area (Å²) in [7, 11) is -7.59. The minimum absolute atomic E-state index is 0.0596. The molecule has 3 aromatic carbocycles. The fourth-order valence-corrected chi connectivity index (χ4v) is 5.95. The van der Waals surface area contributed by atoms with E-state index >= 15 is 0 Å². The van der Waals surface area contributed by atoms with Gasteiger partial charge in [0.15, 0.2) is 0 Å². The molecule has 0 spiro atoms. The van der Waals surface area contributed by atoms with Crippen LogP contribution in [0.5, 0.6) is 0 Å². The number of hydrazone groups is 1. The quantitative estimate of drug-likeness (QED) is 0.484. The van der Waals surface area contributed by atoms with Crippen LogP contribution in [0.2, 0.25) is 5.02 Å². The van der Waals surface area contributed by atoms with Gasteiger partial charge in [0, 0.05) is 22.7 Å². The average molecular weight is 522 g/mol. The lowest BCUT2D eigenvalue weighted by Crippen LogP contribution is -2.28. The van der Waals surface area contributed by atoms with Crippen LogP contribution in [0.3, 0.4) is 0 Å². The Morgan fingerprint density at radius 1 is 1.03 bits per heavy atom. The van der Waals surface area contributed by atoms with Crippen LogP contribution >= 0.6 is 11.6 Å². The van der Waals surface area contributed by atoms with Crippen LogP contribution in [0, 0.1) is 5.82 Å². The highest BCUT2D eigenvalue weighted by molar-refractivity contribution is 7.92. The van der Waals surface area contributed by atoms with Crippen molar-refractivity contribution in [2.24, 2.45) is 5.10 Å². The third kappa shape index (κ3) is 4.94. The zero-order valence-electron chi connectivity index (χ0n) is 18.0. The third-order valence-electron chi connectivity index (χ3n) is 5.35. The molecule has 1 heterocycles. The van der Waals surface area contributed by atoms with Gasteiger partial charge in [0.2, 0.25) is 10.0 Å². The van der Waals surface area contributed by atoms with Crippen molar-refractivity contribution in [3.63, 3.8) is 0 Å². The number of nitrogens with zero attached hydrogens (tertiary/aromatic N) is 2. The van der Waals surface area contributed by atoms with Crippen LogP contribution in [0.4, 0.5) is 10.1 Å². The molecule has 34 heavy (non-hydrogen) atoms. The molecule has 1 atom stereocenters. The van der Waals surface area contributed by atoms with Gasteiger partial charge in [0.05, 0.1) is 22.4 Å². The van der Waals surface area contributed by atoms with Crippen molar-refractivity contribution in [1.29, 1.82) is 0 Å². The smallest absolute Gasteiger partial charge is 0.279 e. The van der Waals surface area contributed by atoms with E-state index in [1.54, 1.807) is 36.4 Å². The average Bonchev–Trinajstić information content (AvgIpc) is 3.26. The van der Waals surface area contributed by atoms with Crippen LogP contribution in [0.1, 0.15) is 30.5 Å². The van der Waals surface area contributed by atoms with Gasteiger partial charge >= 0.3 is 0 Å². The summed E-state index contributed by atoms with van der Waals surface area (Å²) in [5.74, 6) is -0.609. The predicted molar refractivity (Wildman–Crippen MR) is 130 cm³/mol. The Balaban J connectivity index is 1.74. The summed E-state index contributed by atoms with van der Waals surface area (Å²) in [6, 6.07) is 17.3. The Morgan fingerprint density at radius 3 is 2.38 bits per heavy atom. The van der Waals surface area contributed by atoms with Crippen molar-refractivity contribution in [2.75, 3.05) is 10.5 Å². The fraction of sp³-hybridized carbons (Fsp3) is 0.174. The van der Waals surface area contributed by atoms with E-state index in [0.29, 0.717) is 17.0 Å². The molecule has 0 unspecified atom stereocenters. The van der Waals surface area contributed by atoms with Crippen LogP contribution in [-0.4, -0.2) is 32.7 Å². The highest BCUT2D eigenvalue weighted by Crippen LogP contribution is 2.38. The molecule has 0 radical (unpaired) electrons. The Bertz CT molecular complexity index is 1460. The van der Waals surface area contributed by atoms with Crippen molar-refractivity contribution in [3.8, 4) is 0 Å². The van der Waals surface area contributed by atoms with E-state index in [4.69, 9.17) is 11.6 Å². The molecule has 0 amide bonds. The monoisotopic (exact) mass is 521 g/mol. The Morgan fingerprint density at radius 2 is 1.74 bits per heavy atom. The zero-order valence-corrected chi connectivity index (χ0v) is 20.4. The van der Waals surface area contributed by atoms with Crippen LogP contribution in [0.15, 0.2) is 82.8 Å². The van der Waals surface area contributed by atoms with E-state index in [1.807, 2.05) is 0 Å². The Hall–Kier alpha value is -2.95. The largest absolute Gasteiger partial charge is 0.284 e. The first-order chi connectivity index (χ1) is 16.1. The van der Waals surface area contributed by atoms with Crippen LogP contribution < -0.4 is 4.72 Å². The summed E-state index contributed by atoms with van der Waals surface area (Å²) in [6.45, 7) is 1.53. The maximum absolute atomic E-state index is 14.7. The fourth-order valence-electron chi connectivity index (χ4n) is 3.58. The number of rotatable bonds is 7. The van der Waals surface area contributed by atoms with Crippen LogP contribution in [0.25, 0.3) is 0 Å². The van der Waals surface area contributed by atoms with Gasteiger partial charge in [0.1, 0.15) is 5.82 Å². The lowest BCUT2D eigenvalue weighted by molar-refractivity contribution is 0.362. The Kier molecular flexibility index (Phi) is 6.66. The summed E-state index contributed by atoms with van der Waals surface area (Å²) in [5.41, 5.74) is 1.57. The second-order valence-corrected chi connectivity index (χ2v) is 11.8. The highest BCUT2D eigenvalue weighted by Gasteiger charge is 2.39. The van der Waals surface area contributed by atoms with E-state index in [2.05, 4.69) is 9.82 Å². The molecule has 3 aromatic rings.